The van der Waals surface area contributed by atoms with Gasteiger partial charge in [0.1, 0.15) is 17.5 Å². The Labute approximate surface area is 193 Å². The largest absolute Gasteiger partial charge is 0.362 e. The second-order valence-electron chi connectivity index (χ2n) is 8.55. The number of carbonyl (C=O) groups excluding carboxylic acids is 1. The van der Waals surface area contributed by atoms with Gasteiger partial charge in [-0.05, 0) is 56.6 Å². The van der Waals surface area contributed by atoms with E-state index in [4.69, 9.17) is 4.98 Å². The van der Waals surface area contributed by atoms with Crippen LogP contribution < -0.4 is 10.2 Å². The summed E-state index contributed by atoms with van der Waals surface area (Å²) in [4.78, 5) is 31.0. The lowest BCUT2D eigenvalue weighted by Gasteiger charge is -2.35. The Bertz CT molecular complexity index is 1120. The van der Waals surface area contributed by atoms with Crippen molar-refractivity contribution < 1.29 is 9.18 Å². The molecule has 0 radical (unpaired) electrons. The second kappa shape index (κ2) is 10.0. The molecule has 1 aromatic carbocycles. The first-order valence-electron chi connectivity index (χ1n) is 11.2. The number of rotatable bonds is 6. The summed E-state index contributed by atoms with van der Waals surface area (Å²) in [6.45, 7) is 3.55. The number of halogens is 1. The Kier molecular flexibility index (Phi) is 6.93. The molecule has 0 aliphatic carbocycles. The number of piperidine rings is 1. The van der Waals surface area contributed by atoms with E-state index in [1.165, 1.54) is 29.8 Å². The van der Waals surface area contributed by atoms with Gasteiger partial charge >= 0.3 is 0 Å². The van der Waals surface area contributed by atoms with Crippen LogP contribution in [0.25, 0.3) is 0 Å². The van der Waals surface area contributed by atoms with Crippen molar-refractivity contribution in [3.05, 3.63) is 77.3 Å². The van der Waals surface area contributed by atoms with Gasteiger partial charge in [-0.3, -0.25) is 9.69 Å². The van der Waals surface area contributed by atoms with E-state index in [1.54, 1.807) is 6.20 Å². The first-order valence-corrected chi connectivity index (χ1v) is 11.2. The highest BCUT2D eigenvalue weighted by atomic mass is 19.1. The quantitative estimate of drug-likeness (QED) is 0.604. The number of pyridine rings is 1. The number of nitrogens with zero attached hydrogens (tertiary/aromatic N) is 5. The standard InChI is InChI=1S/C25H29FN6O/c1-17-21(25(33)30-20-11-9-19(26)10-12-20)15-28-23(29-17)22-8-4-5-14-32(22)16-18-7-6-13-27-24(18)31(2)3/h6-7,9-13,15,22H,4-5,8,14,16H2,1-3H3,(H,30,33)/t22-/m0/s1. The SMILES string of the molecule is Cc1nc([C@@H]2CCCCN2Cc2cccnc2N(C)C)ncc1C(=O)Nc1ccc(F)cc1. The Morgan fingerprint density at radius 2 is 1.97 bits per heavy atom. The fourth-order valence-electron chi connectivity index (χ4n) is 4.25. The third-order valence-corrected chi connectivity index (χ3v) is 5.92. The summed E-state index contributed by atoms with van der Waals surface area (Å²) >= 11 is 0. The minimum Gasteiger partial charge on any atom is -0.362 e. The van der Waals surface area contributed by atoms with Gasteiger partial charge in [0, 0.05) is 44.3 Å². The predicted octanol–water partition coefficient (Wildman–Crippen LogP) is 4.36. The molecule has 0 unspecified atom stereocenters. The number of aromatic nitrogens is 3. The summed E-state index contributed by atoms with van der Waals surface area (Å²) in [6, 6.07) is 9.84. The number of nitrogens with one attached hydrogen (secondary N) is 1. The lowest BCUT2D eigenvalue weighted by molar-refractivity contribution is 0.102. The third kappa shape index (κ3) is 5.34. The van der Waals surface area contributed by atoms with Crippen LogP contribution in [-0.2, 0) is 6.54 Å². The molecule has 1 saturated heterocycles. The number of likely N-dealkylation sites (tertiary alicyclic amines) is 1. The first-order chi connectivity index (χ1) is 15.9. The number of aryl methyl sites for hydroxylation is 1. The average molecular weight is 449 g/mol. The van der Waals surface area contributed by atoms with Crippen molar-refractivity contribution >= 4 is 17.4 Å². The van der Waals surface area contributed by atoms with Crippen LogP contribution in [0.2, 0.25) is 0 Å². The number of carbonyl (C=O) groups is 1. The van der Waals surface area contributed by atoms with Crippen LogP contribution in [0.1, 0.15) is 52.7 Å². The van der Waals surface area contributed by atoms with Gasteiger partial charge in [-0.25, -0.2) is 19.3 Å². The average Bonchev–Trinajstić information content (AvgIpc) is 2.81. The first kappa shape index (κ1) is 22.8. The molecule has 1 fully saturated rings. The van der Waals surface area contributed by atoms with Crippen molar-refractivity contribution in [3.63, 3.8) is 0 Å². The molecule has 0 saturated carbocycles. The summed E-state index contributed by atoms with van der Waals surface area (Å²) < 4.78 is 13.1. The van der Waals surface area contributed by atoms with Gasteiger partial charge in [-0.1, -0.05) is 12.5 Å². The topological polar surface area (TPSA) is 74.2 Å². The molecule has 0 bridgehead atoms. The molecule has 1 amide bonds. The van der Waals surface area contributed by atoms with E-state index in [0.29, 0.717) is 16.9 Å². The molecule has 3 heterocycles. The summed E-state index contributed by atoms with van der Waals surface area (Å²) in [7, 11) is 4.00. The molecule has 1 aliphatic rings. The normalized spacial score (nSPS) is 16.4. The third-order valence-electron chi connectivity index (χ3n) is 5.92. The highest BCUT2D eigenvalue weighted by Crippen LogP contribution is 2.32. The molecule has 1 N–H and O–H groups in total. The van der Waals surface area contributed by atoms with Crippen molar-refractivity contribution in [3.8, 4) is 0 Å². The summed E-state index contributed by atoms with van der Waals surface area (Å²) in [5.74, 6) is 1.04. The lowest BCUT2D eigenvalue weighted by atomic mass is 10.00. The fourth-order valence-corrected chi connectivity index (χ4v) is 4.25. The van der Waals surface area contributed by atoms with E-state index in [2.05, 4.69) is 26.3 Å². The predicted molar refractivity (Wildman–Crippen MR) is 127 cm³/mol. The van der Waals surface area contributed by atoms with E-state index < -0.39 is 0 Å². The van der Waals surface area contributed by atoms with Gasteiger partial charge < -0.3 is 10.2 Å². The number of hydrogen-bond acceptors (Lipinski definition) is 6. The Morgan fingerprint density at radius 3 is 2.70 bits per heavy atom. The van der Waals surface area contributed by atoms with Crippen LogP contribution in [0.15, 0.2) is 48.8 Å². The lowest BCUT2D eigenvalue weighted by Crippen LogP contribution is -2.34. The molecule has 33 heavy (non-hydrogen) atoms. The van der Waals surface area contributed by atoms with Crippen LogP contribution in [0.3, 0.4) is 0 Å². The molecule has 8 heteroatoms. The van der Waals surface area contributed by atoms with Gasteiger partial charge in [0.25, 0.3) is 5.91 Å². The van der Waals surface area contributed by atoms with E-state index >= 15 is 0 Å². The van der Waals surface area contributed by atoms with Crippen LogP contribution >= 0.6 is 0 Å². The molecule has 0 spiro atoms. The summed E-state index contributed by atoms with van der Waals surface area (Å²) in [5, 5.41) is 2.78. The maximum Gasteiger partial charge on any atom is 0.259 e. The monoisotopic (exact) mass is 448 g/mol. The fraction of sp³-hybridized carbons (Fsp3) is 0.360. The van der Waals surface area contributed by atoms with Crippen molar-refractivity contribution in [2.75, 3.05) is 30.9 Å². The van der Waals surface area contributed by atoms with Crippen molar-refractivity contribution in [2.24, 2.45) is 0 Å². The zero-order valence-electron chi connectivity index (χ0n) is 19.3. The van der Waals surface area contributed by atoms with Gasteiger partial charge in [-0.15, -0.1) is 0 Å². The van der Waals surface area contributed by atoms with Gasteiger partial charge in [0.05, 0.1) is 17.3 Å². The maximum absolute atomic E-state index is 13.1. The molecule has 1 atom stereocenters. The van der Waals surface area contributed by atoms with Crippen LogP contribution in [0.4, 0.5) is 15.9 Å². The van der Waals surface area contributed by atoms with Gasteiger partial charge in [-0.2, -0.15) is 0 Å². The molecule has 2 aromatic heterocycles. The van der Waals surface area contributed by atoms with E-state index in [-0.39, 0.29) is 17.8 Å². The van der Waals surface area contributed by atoms with Crippen molar-refractivity contribution in [1.82, 2.24) is 19.9 Å². The van der Waals surface area contributed by atoms with Crippen LogP contribution in [0.5, 0.6) is 0 Å². The molecule has 4 rings (SSSR count). The summed E-state index contributed by atoms with van der Waals surface area (Å²) in [6.07, 6.45) is 6.63. The Hall–Kier alpha value is -3.39. The number of anilines is 2. The number of hydrogen-bond donors (Lipinski definition) is 1. The maximum atomic E-state index is 13.1. The summed E-state index contributed by atoms with van der Waals surface area (Å²) in [5.41, 5.74) is 2.73. The second-order valence-corrected chi connectivity index (χ2v) is 8.55. The van der Waals surface area contributed by atoms with Gasteiger partial charge in [0.15, 0.2) is 0 Å². The van der Waals surface area contributed by atoms with E-state index in [0.717, 1.165) is 44.0 Å². The zero-order chi connectivity index (χ0) is 23.4. The van der Waals surface area contributed by atoms with Crippen LogP contribution in [0, 0.1) is 12.7 Å². The molecule has 3 aromatic rings. The smallest absolute Gasteiger partial charge is 0.259 e. The minimum atomic E-state index is -0.349. The zero-order valence-corrected chi connectivity index (χ0v) is 19.3. The van der Waals surface area contributed by atoms with Crippen molar-refractivity contribution in [1.29, 1.82) is 0 Å². The molecule has 172 valence electrons. The van der Waals surface area contributed by atoms with E-state index in [9.17, 15) is 9.18 Å². The molecule has 7 nitrogen and oxygen atoms in total. The Morgan fingerprint density at radius 1 is 1.18 bits per heavy atom. The Balaban J connectivity index is 1.53. The minimum absolute atomic E-state index is 0.0851. The van der Waals surface area contributed by atoms with E-state index in [1.807, 2.05) is 38.2 Å². The molecule has 1 aliphatic heterocycles. The van der Waals surface area contributed by atoms with Crippen molar-refractivity contribution in [2.45, 2.75) is 38.8 Å². The molecular formula is C25H29FN6O. The van der Waals surface area contributed by atoms with Crippen LogP contribution in [-0.4, -0.2) is 46.4 Å². The van der Waals surface area contributed by atoms with Gasteiger partial charge in [0.2, 0.25) is 0 Å². The number of amides is 1. The highest BCUT2D eigenvalue weighted by molar-refractivity contribution is 6.04. The highest BCUT2D eigenvalue weighted by Gasteiger charge is 2.28. The molecular weight excluding hydrogens is 419 g/mol. The number of benzene rings is 1.